The van der Waals surface area contributed by atoms with Gasteiger partial charge in [0, 0.05) is 13.6 Å². The molecule has 2 rings (SSSR count). The second kappa shape index (κ2) is 6.39. The quantitative estimate of drug-likeness (QED) is 0.909. The molecule has 20 heavy (non-hydrogen) atoms. The van der Waals surface area contributed by atoms with E-state index in [4.69, 9.17) is 4.74 Å². The number of hydrogen-bond acceptors (Lipinski definition) is 4. The maximum absolute atomic E-state index is 9.45. The highest BCUT2D eigenvalue weighted by Crippen LogP contribution is 2.18. The van der Waals surface area contributed by atoms with E-state index in [1.54, 1.807) is 20.2 Å². The Bertz CT molecular complexity index is 535. The molecule has 2 aromatic rings. The number of rotatable bonds is 5. The maximum Gasteiger partial charge on any atom is 0.118 e. The Morgan fingerprint density at radius 3 is 2.40 bits per heavy atom. The highest BCUT2D eigenvalue weighted by molar-refractivity contribution is 5.45. The van der Waals surface area contributed by atoms with Crippen molar-refractivity contribution in [3.63, 3.8) is 0 Å². The van der Waals surface area contributed by atoms with Crippen LogP contribution in [0.5, 0.6) is 5.75 Å². The summed E-state index contributed by atoms with van der Waals surface area (Å²) in [6.07, 6.45) is 1.25. The van der Waals surface area contributed by atoms with Crippen molar-refractivity contribution in [1.82, 2.24) is 4.98 Å². The maximum atomic E-state index is 9.45. The van der Waals surface area contributed by atoms with E-state index in [0.29, 0.717) is 5.69 Å². The van der Waals surface area contributed by atoms with Gasteiger partial charge in [-0.25, -0.2) is 0 Å². The summed E-state index contributed by atoms with van der Waals surface area (Å²) < 4.78 is 5.15. The van der Waals surface area contributed by atoms with Crippen LogP contribution in [0.2, 0.25) is 0 Å². The molecule has 0 saturated heterocycles. The van der Waals surface area contributed by atoms with Crippen molar-refractivity contribution >= 4 is 5.69 Å². The van der Waals surface area contributed by atoms with E-state index in [1.165, 1.54) is 5.56 Å². The lowest BCUT2D eigenvalue weighted by molar-refractivity contribution is 0.194. The molecule has 1 aromatic carbocycles. The smallest absolute Gasteiger partial charge is 0.118 e. The lowest BCUT2D eigenvalue weighted by Gasteiger charge is -2.19. The van der Waals surface area contributed by atoms with Crippen molar-refractivity contribution in [3.05, 3.63) is 53.9 Å². The molecule has 4 heteroatoms. The van der Waals surface area contributed by atoms with Gasteiger partial charge in [-0.1, -0.05) is 12.1 Å². The number of anilines is 1. The largest absolute Gasteiger partial charge is 0.497 e. The van der Waals surface area contributed by atoms with E-state index in [2.05, 4.69) is 9.88 Å². The zero-order chi connectivity index (χ0) is 14.5. The second-order valence-corrected chi connectivity index (χ2v) is 4.82. The third-order valence-electron chi connectivity index (χ3n) is 3.22. The molecule has 1 N–H and O–H groups in total. The van der Waals surface area contributed by atoms with Crippen LogP contribution in [-0.4, -0.2) is 24.2 Å². The van der Waals surface area contributed by atoms with Gasteiger partial charge in [0.2, 0.25) is 0 Å². The molecule has 0 spiro atoms. The fraction of sp³-hybridized carbons (Fsp3) is 0.312. The number of ether oxygens (including phenoxy) is 1. The van der Waals surface area contributed by atoms with Gasteiger partial charge < -0.3 is 14.7 Å². The van der Waals surface area contributed by atoms with Crippen LogP contribution in [0.3, 0.4) is 0 Å². The summed E-state index contributed by atoms with van der Waals surface area (Å²) in [4.78, 5) is 6.37. The Morgan fingerprint density at radius 2 is 1.90 bits per heavy atom. The number of nitrogens with zero attached hydrogens (tertiary/aromatic N) is 2. The Morgan fingerprint density at radius 1 is 1.20 bits per heavy atom. The standard InChI is InChI=1S/C16H20N2O2/c1-12(19)16-9-6-14(10-17-16)18(2)11-13-4-7-15(20-3)8-5-13/h4-10,12,19H,11H2,1-3H3. The molecule has 106 valence electrons. The first kappa shape index (κ1) is 14.3. The Hall–Kier alpha value is -2.07. The topological polar surface area (TPSA) is 45.6 Å². The van der Waals surface area contributed by atoms with Crippen LogP contribution in [0.4, 0.5) is 5.69 Å². The van der Waals surface area contributed by atoms with E-state index in [1.807, 2.05) is 43.4 Å². The molecule has 0 radical (unpaired) electrons. The number of pyridine rings is 1. The van der Waals surface area contributed by atoms with Crippen LogP contribution in [0.15, 0.2) is 42.6 Å². The van der Waals surface area contributed by atoms with Crippen LogP contribution < -0.4 is 9.64 Å². The predicted molar refractivity (Wildman–Crippen MR) is 80.0 cm³/mol. The fourth-order valence-corrected chi connectivity index (χ4v) is 1.97. The zero-order valence-corrected chi connectivity index (χ0v) is 12.1. The van der Waals surface area contributed by atoms with E-state index in [9.17, 15) is 5.11 Å². The summed E-state index contributed by atoms with van der Waals surface area (Å²) in [5, 5.41) is 9.45. The Labute approximate surface area is 119 Å². The van der Waals surface area contributed by atoms with Crippen LogP contribution in [-0.2, 0) is 6.54 Å². The molecule has 1 aromatic heterocycles. The summed E-state index contributed by atoms with van der Waals surface area (Å²) in [5.41, 5.74) is 2.91. The molecule has 1 unspecified atom stereocenters. The number of aliphatic hydroxyl groups is 1. The lowest BCUT2D eigenvalue weighted by Crippen LogP contribution is -2.16. The Balaban J connectivity index is 2.04. The number of methoxy groups -OCH3 is 1. The number of hydrogen-bond donors (Lipinski definition) is 1. The first-order chi connectivity index (χ1) is 9.60. The molecule has 1 heterocycles. The molecule has 0 fully saturated rings. The van der Waals surface area contributed by atoms with Gasteiger partial charge in [0.25, 0.3) is 0 Å². The monoisotopic (exact) mass is 272 g/mol. The highest BCUT2D eigenvalue weighted by Gasteiger charge is 2.06. The number of aliphatic hydroxyl groups excluding tert-OH is 1. The summed E-state index contributed by atoms with van der Waals surface area (Å²) in [6.45, 7) is 2.50. The van der Waals surface area contributed by atoms with Gasteiger partial charge >= 0.3 is 0 Å². The van der Waals surface area contributed by atoms with Gasteiger partial charge in [-0.05, 0) is 36.8 Å². The minimum Gasteiger partial charge on any atom is -0.497 e. The van der Waals surface area contributed by atoms with Gasteiger partial charge in [-0.3, -0.25) is 4.98 Å². The molecule has 0 aliphatic carbocycles. The molecule has 1 atom stereocenters. The molecule has 0 saturated carbocycles. The first-order valence-corrected chi connectivity index (χ1v) is 6.58. The van der Waals surface area contributed by atoms with Crippen LogP contribution in [0, 0.1) is 0 Å². The summed E-state index contributed by atoms with van der Waals surface area (Å²) in [7, 11) is 3.68. The summed E-state index contributed by atoms with van der Waals surface area (Å²) in [6, 6.07) is 11.8. The highest BCUT2D eigenvalue weighted by atomic mass is 16.5. The van der Waals surface area contributed by atoms with Crippen LogP contribution in [0.25, 0.3) is 0 Å². The van der Waals surface area contributed by atoms with Crippen LogP contribution in [0.1, 0.15) is 24.3 Å². The van der Waals surface area contributed by atoms with Gasteiger partial charge in [-0.15, -0.1) is 0 Å². The van der Waals surface area contributed by atoms with E-state index in [0.717, 1.165) is 18.0 Å². The van der Waals surface area contributed by atoms with Crippen molar-refractivity contribution in [2.24, 2.45) is 0 Å². The van der Waals surface area contributed by atoms with E-state index in [-0.39, 0.29) is 0 Å². The second-order valence-electron chi connectivity index (χ2n) is 4.82. The van der Waals surface area contributed by atoms with Gasteiger partial charge in [0.05, 0.1) is 30.8 Å². The lowest BCUT2D eigenvalue weighted by atomic mass is 10.2. The molecular weight excluding hydrogens is 252 g/mol. The zero-order valence-electron chi connectivity index (χ0n) is 12.1. The predicted octanol–water partition coefficient (Wildman–Crippen LogP) is 2.78. The van der Waals surface area contributed by atoms with Crippen molar-refractivity contribution in [3.8, 4) is 5.75 Å². The van der Waals surface area contributed by atoms with E-state index < -0.39 is 6.10 Å². The normalized spacial score (nSPS) is 12.0. The van der Waals surface area contributed by atoms with Crippen molar-refractivity contribution < 1.29 is 9.84 Å². The molecule has 0 bridgehead atoms. The molecular formula is C16H20N2O2. The molecule has 0 aliphatic rings. The van der Waals surface area contributed by atoms with Crippen LogP contribution >= 0.6 is 0 Å². The van der Waals surface area contributed by atoms with Gasteiger partial charge in [-0.2, -0.15) is 0 Å². The molecule has 4 nitrogen and oxygen atoms in total. The minimum atomic E-state index is -0.532. The van der Waals surface area contributed by atoms with Gasteiger partial charge in [0.1, 0.15) is 5.75 Å². The van der Waals surface area contributed by atoms with Gasteiger partial charge in [0.15, 0.2) is 0 Å². The third-order valence-corrected chi connectivity index (χ3v) is 3.22. The van der Waals surface area contributed by atoms with Crippen molar-refractivity contribution in [1.29, 1.82) is 0 Å². The van der Waals surface area contributed by atoms with Crippen molar-refractivity contribution in [2.75, 3.05) is 19.1 Å². The average Bonchev–Trinajstić information content (AvgIpc) is 2.48. The molecule has 0 amide bonds. The SMILES string of the molecule is COc1ccc(CN(C)c2ccc(C(C)O)nc2)cc1. The number of aromatic nitrogens is 1. The Kier molecular flexibility index (Phi) is 4.58. The minimum absolute atomic E-state index is 0.532. The summed E-state index contributed by atoms with van der Waals surface area (Å²) >= 11 is 0. The molecule has 0 aliphatic heterocycles. The number of benzene rings is 1. The van der Waals surface area contributed by atoms with E-state index >= 15 is 0 Å². The fourth-order valence-electron chi connectivity index (χ4n) is 1.97. The van der Waals surface area contributed by atoms with Crippen molar-refractivity contribution in [2.45, 2.75) is 19.6 Å². The average molecular weight is 272 g/mol. The first-order valence-electron chi connectivity index (χ1n) is 6.58. The summed E-state index contributed by atoms with van der Waals surface area (Å²) in [5.74, 6) is 0.861. The third kappa shape index (κ3) is 3.48.